The maximum atomic E-state index is 5.92. The van der Waals surface area contributed by atoms with Crippen LogP contribution in [0.25, 0.3) is 0 Å². The van der Waals surface area contributed by atoms with Gasteiger partial charge in [0.2, 0.25) is 0 Å². The van der Waals surface area contributed by atoms with Gasteiger partial charge in [-0.1, -0.05) is 37.1 Å². The van der Waals surface area contributed by atoms with Crippen LogP contribution >= 0.6 is 11.6 Å². The Morgan fingerprint density at radius 2 is 2.10 bits per heavy atom. The monoisotopic (exact) mass is 295 g/mol. The lowest BCUT2D eigenvalue weighted by atomic mass is 9.98. The quantitative estimate of drug-likeness (QED) is 0.849. The van der Waals surface area contributed by atoms with E-state index in [4.69, 9.17) is 16.3 Å². The summed E-state index contributed by atoms with van der Waals surface area (Å²) in [5, 5.41) is 4.56. The number of hydrogen-bond donors (Lipinski definition) is 1. The van der Waals surface area contributed by atoms with Crippen molar-refractivity contribution < 1.29 is 4.74 Å². The highest BCUT2D eigenvalue weighted by molar-refractivity contribution is 6.30. The zero-order valence-electron chi connectivity index (χ0n) is 12.6. The van der Waals surface area contributed by atoms with Crippen LogP contribution in [0.3, 0.4) is 0 Å². The van der Waals surface area contributed by atoms with Crippen molar-refractivity contribution in [2.24, 2.45) is 0 Å². The summed E-state index contributed by atoms with van der Waals surface area (Å²) in [6.45, 7) is 5.39. The van der Waals surface area contributed by atoms with Crippen molar-refractivity contribution >= 4 is 11.6 Å². The molecule has 112 valence electrons. The summed E-state index contributed by atoms with van der Waals surface area (Å²) in [7, 11) is 0. The normalized spacial score (nSPS) is 24.6. The predicted octanol–water partition coefficient (Wildman–Crippen LogP) is 4.21. The van der Waals surface area contributed by atoms with Gasteiger partial charge in [0.1, 0.15) is 0 Å². The van der Waals surface area contributed by atoms with Crippen molar-refractivity contribution in [3.05, 3.63) is 34.9 Å². The molecule has 0 radical (unpaired) electrons. The first-order chi connectivity index (χ1) is 9.67. The van der Waals surface area contributed by atoms with Gasteiger partial charge in [0.05, 0.1) is 6.10 Å². The molecule has 1 N–H and O–H groups in total. The van der Waals surface area contributed by atoms with Gasteiger partial charge in [-0.25, -0.2) is 0 Å². The lowest BCUT2D eigenvalue weighted by Gasteiger charge is -2.32. The Morgan fingerprint density at radius 1 is 1.35 bits per heavy atom. The van der Waals surface area contributed by atoms with Crippen LogP contribution in [0.5, 0.6) is 0 Å². The summed E-state index contributed by atoms with van der Waals surface area (Å²) in [4.78, 5) is 0. The minimum Gasteiger partial charge on any atom is -0.378 e. The van der Waals surface area contributed by atoms with Crippen LogP contribution in [0, 0.1) is 0 Å². The number of nitrogens with one attached hydrogen (secondary N) is 1. The Balaban J connectivity index is 1.78. The first kappa shape index (κ1) is 15.8. The Morgan fingerprint density at radius 3 is 2.80 bits per heavy atom. The SMILES string of the molecule is CCCC1CC(NC(C)Cc2ccc(Cl)cc2)CCO1. The maximum Gasteiger partial charge on any atom is 0.0589 e. The van der Waals surface area contributed by atoms with Crippen LogP contribution in [0.15, 0.2) is 24.3 Å². The fourth-order valence-corrected chi connectivity index (χ4v) is 3.12. The Bertz CT molecular complexity index is 390. The standard InChI is InChI=1S/C17H26ClNO/c1-3-4-17-12-16(9-10-20-17)19-13(2)11-14-5-7-15(18)8-6-14/h5-8,13,16-17,19H,3-4,9-12H2,1-2H3. The minimum absolute atomic E-state index is 0.453. The fraction of sp³-hybridized carbons (Fsp3) is 0.647. The van der Waals surface area contributed by atoms with Crippen molar-refractivity contribution in [1.82, 2.24) is 5.32 Å². The van der Waals surface area contributed by atoms with Crippen LogP contribution in [0.4, 0.5) is 0 Å². The summed E-state index contributed by atoms with van der Waals surface area (Å²) >= 11 is 5.92. The summed E-state index contributed by atoms with van der Waals surface area (Å²) < 4.78 is 5.81. The first-order valence-corrected chi connectivity index (χ1v) is 8.17. The van der Waals surface area contributed by atoms with E-state index >= 15 is 0 Å². The fourth-order valence-electron chi connectivity index (χ4n) is 2.99. The zero-order valence-corrected chi connectivity index (χ0v) is 13.3. The third-order valence-corrected chi connectivity index (χ3v) is 4.21. The second kappa shape index (κ2) is 8.02. The van der Waals surface area contributed by atoms with Crippen LogP contribution in [0.1, 0.15) is 45.1 Å². The number of hydrogen-bond acceptors (Lipinski definition) is 2. The Labute approximate surface area is 127 Å². The molecule has 1 aliphatic rings. The minimum atomic E-state index is 0.453. The molecule has 0 spiro atoms. The third kappa shape index (κ3) is 5.08. The molecular weight excluding hydrogens is 270 g/mol. The highest BCUT2D eigenvalue weighted by atomic mass is 35.5. The predicted molar refractivity (Wildman–Crippen MR) is 85.4 cm³/mol. The molecule has 1 heterocycles. The molecule has 3 heteroatoms. The largest absolute Gasteiger partial charge is 0.378 e. The number of benzene rings is 1. The molecule has 0 amide bonds. The van der Waals surface area contributed by atoms with Crippen LogP contribution in [-0.2, 0) is 11.2 Å². The summed E-state index contributed by atoms with van der Waals surface area (Å²) in [5.41, 5.74) is 1.34. The van der Waals surface area contributed by atoms with E-state index in [1.165, 1.54) is 18.4 Å². The molecule has 1 aliphatic heterocycles. The molecule has 0 aromatic heterocycles. The average Bonchev–Trinajstić information content (AvgIpc) is 2.42. The van der Waals surface area contributed by atoms with Crippen molar-refractivity contribution in [2.75, 3.05) is 6.61 Å². The van der Waals surface area contributed by atoms with Gasteiger partial charge >= 0.3 is 0 Å². The van der Waals surface area contributed by atoms with Gasteiger partial charge in [-0.15, -0.1) is 0 Å². The van der Waals surface area contributed by atoms with E-state index < -0.39 is 0 Å². The lowest BCUT2D eigenvalue weighted by molar-refractivity contribution is -0.00465. The van der Waals surface area contributed by atoms with Crippen molar-refractivity contribution in [2.45, 2.75) is 64.1 Å². The summed E-state index contributed by atoms with van der Waals surface area (Å²) in [6.07, 6.45) is 6.17. The topological polar surface area (TPSA) is 21.3 Å². The first-order valence-electron chi connectivity index (χ1n) is 7.79. The van der Waals surface area contributed by atoms with Crippen molar-refractivity contribution in [3.8, 4) is 0 Å². The molecule has 2 rings (SSSR count). The summed E-state index contributed by atoms with van der Waals surface area (Å²) in [6, 6.07) is 9.25. The van der Waals surface area contributed by atoms with Gasteiger partial charge < -0.3 is 10.1 Å². The van der Waals surface area contributed by atoms with E-state index in [0.29, 0.717) is 18.2 Å². The molecule has 2 nitrogen and oxygen atoms in total. The van der Waals surface area contributed by atoms with Gasteiger partial charge in [-0.2, -0.15) is 0 Å². The molecule has 20 heavy (non-hydrogen) atoms. The molecule has 1 aromatic rings. The molecule has 1 fully saturated rings. The van der Waals surface area contributed by atoms with Crippen molar-refractivity contribution in [3.63, 3.8) is 0 Å². The molecule has 3 atom stereocenters. The number of rotatable bonds is 6. The molecule has 0 saturated carbocycles. The highest BCUT2D eigenvalue weighted by Crippen LogP contribution is 2.19. The average molecular weight is 296 g/mol. The van der Waals surface area contributed by atoms with E-state index in [2.05, 4.69) is 31.3 Å². The Hall–Kier alpha value is -0.570. The van der Waals surface area contributed by atoms with Crippen LogP contribution in [-0.4, -0.2) is 24.8 Å². The molecule has 1 aromatic carbocycles. The Kier molecular flexibility index (Phi) is 6.34. The second-order valence-corrected chi connectivity index (χ2v) is 6.34. The van der Waals surface area contributed by atoms with E-state index in [-0.39, 0.29) is 0 Å². The summed E-state index contributed by atoms with van der Waals surface area (Å²) in [5.74, 6) is 0. The number of ether oxygens (including phenoxy) is 1. The van der Waals surface area contributed by atoms with E-state index in [1.807, 2.05) is 12.1 Å². The molecule has 3 unspecified atom stereocenters. The molecular formula is C17H26ClNO. The van der Waals surface area contributed by atoms with Crippen LogP contribution in [0.2, 0.25) is 5.02 Å². The smallest absolute Gasteiger partial charge is 0.0589 e. The molecule has 0 aliphatic carbocycles. The van der Waals surface area contributed by atoms with Crippen molar-refractivity contribution in [1.29, 1.82) is 0 Å². The van der Waals surface area contributed by atoms with E-state index in [9.17, 15) is 0 Å². The van der Waals surface area contributed by atoms with Gasteiger partial charge in [-0.3, -0.25) is 0 Å². The molecule has 1 saturated heterocycles. The molecule has 0 bridgehead atoms. The van der Waals surface area contributed by atoms with Gasteiger partial charge in [0.25, 0.3) is 0 Å². The zero-order chi connectivity index (χ0) is 14.4. The lowest BCUT2D eigenvalue weighted by Crippen LogP contribution is -2.43. The highest BCUT2D eigenvalue weighted by Gasteiger charge is 2.22. The second-order valence-electron chi connectivity index (χ2n) is 5.90. The van der Waals surface area contributed by atoms with Gasteiger partial charge in [0.15, 0.2) is 0 Å². The van der Waals surface area contributed by atoms with E-state index in [0.717, 1.165) is 30.9 Å². The van der Waals surface area contributed by atoms with Gasteiger partial charge in [0, 0.05) is 23.7 Å². The number of halogens is 1. The third-order valence-electron chi connectivity index (χ3n) is 3.95. The van der Waals surface area contributed by atoms with E-state index in [1.54, 1.807) is 0 Å². The van der Waals surface area contributed by atoms with Crippen LogP contribution < -0.4 is 5.32 Å². The van der Waals surface area contributed by atoms with Gasteiger partial charge in [-0.05, 0) is 50.3 Å². The maximum absolute atomic E-state index is 5.92.